The third kappa shape index (κ3) is 5.23. The van der Waals surface area contributed by atoms with E-state index in [1.807, 2.05) is 6.07 Å². The van der Waals surface area contributed by atoms with E-state index in [9.17, 15) is 0 Å². The molecule has 0 saturated heterocycles. The molecule has 0 fully saturated rings. The summed E-state index contributed by atoms with van der Waals surface area (Å²) < 4.78 is 5.94. The maximum Gasteiger partial charge on any atom is 0.123 e. The lowest BCUT2D eigenvalue weighted by atomic mass is 9.81. The number of hydrogen-bond acceptors (Lipinski definition) is 2. The Labute approximate surface area is 118 Å². The average Bonchev–Trinajstić information content (AvgIpc) is 2.27. The number of benzene rings is 1. The van der Waals surface area contributed by atoms with E-state index in [0.29, 0.717) is 6.04 Å². The zero-order valence-electron chi connectivity index (χ0n) is 13.3. The summed E-state index contributed by atoms with van der Waals surface area (Å²) >= 11 is 0. The number of ether oxygens (including phenoxy) is 1. The predicted molar refractivity (Wildman–Crippen MR) is 83.0 cm³/mol. The van der Waals surface area contributed by atoms with Crippen LogP contribution in [-0.4, -0.2) is 18.7 Å². The van der Waals surface area contributed by atoms with E-state index in [4.69, 9.17) is 4.74 Å². The Hall–Kier alpha value is -1.02. The Morgan fingerprint density at radius 1 is 1.11 bits per heavy atom. The van der Waals surface area contributed by atoms with E-state index >= 15 is 0 Å². The van der Waals surface area contributed by atoms with Crippen molar-refractivity contribution >= 4 is 0 Å². The summed E-state index contributed by atoms with van der Waals surface area (Å²) in [5.74, 6) is 1.02. The van der Waals surface area contributed by atoms with Crippen molar-refractivity contribution in [2.24, 2.45) is 0 Å². The molecule has 0 heterocycles. The summed E-state index contributed by atoms with van der Waals surface area (Å²) in [5.41, 5.74) is 1.42. The smallest absolute Gasteiger partial charge is 0.123 e. The molecular weight excluding hydrogens is 234 g/mol. The maximum absolute atomic E-state index is 5.94. The second-order valence-corrected chi connectivity index (χ2v) is 6.41. The first-order chi connectivity index (χ1) is 8.83. The van der Waals surface area contributed by atoms with Crippen LogP contribution in [0.25, 0.3) is 0 Å². The molecule has 0 aliphatic heterocycles. The van der Waals surface area contributed by atoms with Gasteiger partial charge in [-0.25, -0.2) is 0 Å². The Bertz CT molecular complexity index is 383. The van der Waals surface area contributed by atoms with Gasteiger partial charge in [-0.2, -0.15) is 0 Å². The molecule has 108 valence electrons. The molecular formula is C17H29NO. The van der Waals surface area contributed by atoms with Crippen LogP contribution in [0.15, 0.2) is 24.3 Å². The summed E-state index contributed by atoms with van der Waals surface area (Å²) in [6.45, 7) is 14.1. The molecule has 0 unspecified atom stereocenters. The molecule has 0 bridgehead atoms. The van der Waals surface area contributed by atoms with Gasteiger partial charge in [-0.3, -0.25) is 0 Å². The molecule has 0 aromatic heterocycles. The highest BCUT2D eigenvalue weighted by Gasteiger charge is 2.24. The van der Waals surface area contributed by atoms with Crippen molar-refractivity contribution < 1.29 is 4.74 Å². The Kier molecular flexibility index (Phi) is 5.86. The first-order valence-electron chi connectivity index (χ1n) is 7.32. The van der Waals surface area contributed by atoms with Gasteiger partial charge in [0.2, 0.25) is 0 Å². The summed E-state index contributed by atoms with van der Waals surface area (Å²) in [6, 6.07) is 8.95. The number of para-hydroxylation sites is 1. The zero-order valence-corrected chi connectivity index (χ0v) is 13.3. The first kappa shape index (κ1) is 16.0. The van der Waals surface area contributed by atoms with Gasteiger partial charge in [0.05, 0.1) is 6.10 Å². The fraction of sp³-hybridized carbons (Fsp3) is 0.647. The summed E-state index contributed by atoms with van der Waals surface area (Å²) in [7, 11) is 0. The highest BCUT2D eigenvalue weighted by Crippen LogP contribution is 2.34. The quantitative estimate of drug-likeness (QED) is 0.798. The summed E-state index contributed by atoms with van der Waals surface area (Å²) in [5, 5.41) is 3.49. The Morgan fingerprint density at radius 3 is 2.32 bits per heavy atom. The molecule has 0 aliphatic carbocycles. The van der Waals surface area contributed by atoms with Crippen LogP contribution in [0, 0.1) is 0 Å². The first-order valence-corrected chi connectivity index (χ1v) is 7.32. The van der Waals surface area contributed by atoms with Crippen LogP contribution >= 0.6 is 0 Å². The van der Waals surface area contributed by atoms with Crippen LogP contribution in [0.3, 0.4) is 0 Å². The van der Waals surface area contributed by atoms with E-state index in [2.05, 4.69) is 65.1 Å². The van der Waals surface area contributed by atoms with E-state index in [1.165, 1.54) is 5.56 Å². The Morgan fingerprint density at radius 2 is 1.74 bits per heavy atom. The van der Waals surface area contributed by atoms with Crippen molar-refractivity contribution in [2.75, 3.05) is 6.54 Å². The molecule has 0 aliphatic rings. The lowest BCUT2D eigenvalue weighted by Gasteiger charge is -2.28. The molecule has 19 heavy (non-hydrogen) atoms. The zero-order chi connectivity index (χ0) is 14.5. The Balaban J connectivity index is 2.81. The molecule has 0 spiro atoms. The standard InChI is InChI=1S/C17H29NO/c1-13(2)18-12-11-17(5,6)15-9-7-8-10-16(15)19-14(3)4/h7-10,13-14,18H,11-12H2,1-6H3. The lowest BCUT2D eigenvalue weighted by Crippen LogP contribution is -2.30. The summed E-state index contributed by atoms with van der Waals surface area (Å²) in [4.78, 5) is 0. The van der Waals surface area contributed by atoms with Crippen molar-refractivity contribution in [1.29, 1.82) is 0 Å². The van der Waals surface area contributed by atoms with Gasteiger partial charge in [0.1, 0.15) is 5.75 Å². The highest BCUT2D eigenvalue weighted by atomic mass is 16.5. The molecule has 1 rings (SSSR count). The van der Waals surface area contributed by atoms with Crippen molar-refractivity contribution in [2.45, 2.75) is 65.5 Å². The average molecular weight is 263 g/mol. The van der Waals surface area contributed by atoms with Crippen LogP contribution in [0.4, 0.5) is 0 Å². The minimum Gasteiger partial charge on any atom is -0.491 e. The van der Waals surface area contributed by atoms with E-state index in [0.717, 1.165) is 18.7 Å². The molecule has 0 saturated carbocycles. The van der Waals surface area contributed by atoms with Crippen LogP contribution in [0.1, 0.15) is 53.5 Å². The monoisotopic (exact) mass is 263 g/mol. The number of nitrogens with one attached hydrogen (secondary N) is 1. The van der Waals surface area contributed by atoms with E-state index in [-0.39, 0.29) is 11.5 Å². The normalized spacial score (nSPS) is 12.2. The van der Waals surface area contributed by atoms with Gasteiger partial charge < -0.3 is 10.1 Å². The van der Waals surface area contributed by atoms with Crippen LogP contribution in [0.2, 0.25) is 0 Å². The largest absolute Gasteiger partial charge is 0.491 e. The van der Waals surface area contributed by atoms with Crippen LogP contribution in [0.5, 0.6) is 5.75 Å². The SMILES string of the molecule is CC(C)NCCC(C)(C)c1ccccc1OC(C)C. The molecule has 0 atom stereocenters. The molecule has 1 N–H and O–H groups in total. The van der Waals surface area contributed by atoms with Gasteiger partial charge in [-0.05, 0) is 43.9 Å². The minimum absolute atomic E-state index is 0.118. The second kappa shape index (κ2) is 6.95. The topological polar surface area (TPSA) is 21.3 Å². The van der Waals surface area contributed by atoms with Gasteiger partial charge in [-0.15, -0.1) is 0 Å². The lowest BCUT2D eigenvalue weighted by molar-refractivity contribution is 0.235. The van der Waals surface area contributed by atoms with Gasteiger partial charge in [0.15, 0.2) is 0 Å². The van der Waals surface area contributed by atoms with Crippen molar-refractivity contribution in [3.8, 4) is 5.75 Å². The van der Waals surface area contributed by atoms with Gasteiger partial charge in [-0.1, -0.05) is 45.9 Å². The molecule has 2 heteroatoms. The fourth-order valence-electron chi connectivity index (χ4n) is 2.19. The van der Waals surface area contributed by atoms with Crippen molar-refractivity contribution in [3.05, 3.63) is 29.8 Å². The molecule has 1 aromatic carbocycles. The molecule has 0 amide bonds. The summed E-state index contributed by atoms with van der Waals surface area (Å²) in [6.07, 6.45) is 1.31. The predicted octanol–water partition coefficient (Wildman–Crippen LogP) is 4.14. The van der Waals surface area contributed by atoms with E-state index < -0.39 is 0 Å². The van der Waals surface area contributed by atoms with Crippen molar-refractivity contribution in [3.63, 3.8) is 0 Å². The molecule has 2 nitrogen and oxygen atoms in total. The molecule has 0 radical (unpaired) electrons. The van der Waals surface area contributed by atoms with Gasteiger partial charge >= 0.3 is 0 Å². The highest BCUT2D eigenvalue weighted by molar-refractivity contribution is 5.39. The molecule has 1 aromatic rings. The van der Waals surface area contributed by atoms with Crippen molar-refractivity contribution in [1.82, 2.24) is 5.32 Å². The second-order valence-electron chi connectivity index (χ2n) is 6.41. The number of rotatable bonds is 7. The van der Waals surface area contributed by atoms with E-state index in [1.54, 1.807) is 0 Å². The third-order valence-electron chi connectivity index (χ3n) is 3.28. The maximum atomic E-state index is 5.94. The fourth-order valence-corrected chi connectivity index (χ4v) is 2.19. The number of hydrogen-bond donors (Lipinski definition) is 1. The van der Waals surface area contributed by atoms with Gasteiger partial charge in [0, 0.05) is 6.04 Å². The van der Waals surface area contributed by atoms with Gasteiger partial charge in [0.25, 0.3) is 0 Å². The van der Waals surface area contributed by atoms with Crippen LogP contribution < -0.4 is 10.1 Å². The third-order valence-corrected chi connectivity index (χ3v) is 3.28. The van der Waals surface area contributed by atoms with Crippen LogP contribution in [-0.2, 0) is 5.41 Å². The minimum atomic E-state index is 0.118.